The van der Waals surface area contributed by atoms with Crippen molar-refractivity contribution < 1.29 is 9.84 Å². The predicted octanol–water partition coefficient (Wildman–Crippen LogP) is 2.19. The van der Waals surface area contributed by atoms with Crippen molar-refractivity contribution in [1.29, 1.82) is 0 Å². The molecule has 1 fully saturated rings. The van der Waals surface area contributed by atoms with Crippen LogP contribution < -0.4 is 0 Å². The number of morpholine rings is 1. The third kappa shape index (κ3) is 3.57. The molecule has 0 radical (unpaired) electrons. The summed E-state index contributed by atoms with van der Waals surface area (Å²) in [5.74, 6) is 0. The van der Waals surface area contributed by atoms with Crippen LogP contribution in [0.3, 0.4) is 0 Å². The number of benzene rings is 1. The molecule has 0 aliphatic carbocycles. The molecule has 0 saturated carbocycles. The second-order valence-electron chi connectivity index (χ2n) is 4.15. The molecule has 1 unspecified atom stereocenters. The van der Waals surface area contributed by atoms with E-state index in [1.165, 1.54) is 0 Å². The van der Waals surface area contributed by atoms with E-state index in [1.54, 1.807) is 6.07 Å². The van der Waals surface area contributed by atoms with Crippen LogP contribution in [0.15, 0.2) is 18.2 Å². The number of ether oxygens (including phenoxy) is 1. The Labute approximate surface area is 111 Å². The minimum atomic E-state index is -0.0881. The first-order valence-corrected chi connectivity index (χ1v) is 6.33. The summed E-state index contributed by atoms with van der Waals surface area (Å²) in [7, 11) is 0. The van der Waals surface area contributed by atoms with Crippen LogP contribution in [-0.4, -0.2) is 42.4 Å². The van der Waals surface area contributed by atoms with Gasteiger partial charge in [0.25, 0.3) is 0 Å². The van der Waals surface area contributed by atoms with E-state index < -0.39 is 0 Å². The number of rotatable bonds is 3. The molecule has 0 amide bonds. The van der Waals surface area contributed by atoms with Crippen molar-refractivity contribution in [3.63, 3.8) is 0 Å². The van der Waals surface area contributed by atoms with Crippen LogP contribution in [0.5, 0.6) is 0 Å². The molecule has 0 aromatic heterocycles. The largest absolute Gasteiger partial charge is 0.394 e. The van der Waals surface area contributed by atoms with Gasteiger partial charge in [0, 0.05) is 29.7 Å². The average Bonchev–Trinajstić information content (AvgIpc) is 2.33. The van der Waals surface area contributed by atoms with Crippen molar-refractivity contribution in [3.05, 3.63) is 33.8 Å². The number of hydrogen-bond donors (Lipinski definition) is 1. The van der Waals surface area contributed by atoms with Gasteiger partial charge in [-0.1, -0.05) is 29.3 Å². The van der Waals surface area contributed by atoms with Crippen LogP contribution in [0.25, 0.3) is 0 Å². The van der Waals surface area contributed by atoms with E-state index in [0.29, 0.717) is 16.7 Å². The van der Waals surface area contributed by atoms with Gasteiger partial charge in [-0.15, -0.1) is 0 Å². The number of hydrogen-bond acceptors (Lipinski definition) is 3. The Balaban J connectivity index is 2.00. The third-order valence-corrected chi connectivity index (χ3v) is 3.42. The van der Waals surface area contributed by atoms with Gasteiger partial charge in [0.15, 0.2) is 0 Å². The van der Waals surface area contributed by atoms with Gasteiger partial charge in [0.05, 0.1) is 19.3 Å². The zero-order valence-corrected chi connectivity index (χ0v) is 10.9. The fourth-order valence-electron chi connectivity index (χ4n) is 1.93. The molecule has 1 N–H and O–H groups in total. The van der Waals surface area contributed by atoms with E-state index in [1.807, 2.05) is 12.1 Å². The molecule has 1 atom stereocenters. The Morgan fingerprint density at radius 1 is 1.41 bits per heavy atom. The number of halogens is 2. The first kappa shape index (κ1) is 13.1. The molecule has 0 bridgehead atoms. The zero-order chi connectivity index (χ0) is 12.3. The highest BCUT2D eigenvalue weighted by molar-refractivity contribution is 6.35. The first-order valence-electron chi connectivity index (χ1n) is 5.58. The molecule has 1 aromatic carbocycles. The Hall–Kier alpha value is -0.320. The van der Waals surface area contributed by atoms with E-state index in [4.69, 9.17) is 33.0 Å². The van der Waals surface area contributed by atoms with Crippen molar-refractivity contribution in [2.45, 2.75) is 12.6 Å². The molecule has 94 valence electrons. The maximum atomic E-state index is 9.07. The van der Waals surface area contributed by atoms with Gasteiger partial charge in [0.1, 0.15) is 0 Å². The zero-order valence-electron chi connectivity index (χ0n) is 9.40. The lowest BCUT2D eigenvalue weighted by Gasteiger charge is -2.32. The minimum absolute atomic E-state index is 0.0604. The summed E-state index contributed by atoms with van der Waals surface area (Å²) in [5.41, 5.74) is 1.05. The number of nitrogens with zero attached hydrogens (tertiary/aromatic N) is 1. The third-order valence-electron chi connectivity index (χ3n) is 2.84. The Bertz CT molecular complexity index is 387. The normalized spacial score (nSPS) is 21.7. The van der Waals surface area contributed by atoms with Gasteiger partial charge in [0.2, 0.25) is 0 Å². The highest BCUT2D eigenvalue weighted by Crippen LogP contribution is 2.22. The lowest BCUT2D eigenvalue weighted by Crippen LogP contribution is -2.43. The minimum Gasteiger partial charge on any atom is -0.394 e. The van der Waals surface area contributed by atoms with Gasteiger partial charge < -0.3 is 9.84 Å². The summed E-state index contributed by atoms with van der Waals surface area (Å²) in [6.07, 6.45) is -0.0881. The van der Waals surface area contributed by atoms with Crippen LogP contribution >= 0.6 is 23.2 Å². The standard InChI is InChI=1S/C12H15Cl2NO2/c13-10-2-1-9(12(14)5-10)6-15-3-4-17-11(7-15)8-16/h1-2,5,11,16H,3-4,6-8H2. The SMILES string of the molecule is OCC1CN(Cc2ccc(Cl)cc2Cl)CCO1. The van der Waals surface area contributed by atoms with Crippen LogP contribution in [0.4, 0.5) is 0 Å². The summed E-state index contributed by atoms with van der Waals surface area (Å²) in [6, 6.07) is 5.53. The maximum absolute atomic E-state index is 9.07. The molecule has 3 nitrogen and oxygen atoms in total. The van der Waals surface area contributed by atoms with Crippen molar-refractivity contribution >= 4 is 23.2 Å². The van der Waals surface area contributed by atoms with E-state index in [2.05, 4.69) is 4.90 Å². The highest BCUT2D eigenvalue weighted by atomic mass is 35.5. The smallest absolute Gasteiger partial charge is 0.0933 e. The quantitative estimate of drug-likeness (QED) is 0.918. The van der Waals surface area contributed by atoms with Crippen LogP contribution in [0.2, 0.25) is 10.0 Å². The van der Waals surface area contributed by atoms with Crippen molar-refractivity contribution in [3.8, 4) is 0 Å². The van der Waals surface area contributed by atoms with E-state index in [0.717, 1.165) is 25.2 Å². The molecule has 1 aliphatic heterocycles. The Morgan fingerprint density at radius 2 is 2.24 bits per heavy atom. The fourth-order valence-corrected chi connectivity index (χ4v) is 2.39. The molecule has 2 rings (SSSR count). The van der Waals surface area contributed by atoms with E-state index >= 15 is 0 Å². The van der Waals surface area contributed by atoms with Crippen molar-refractivity contribution in [2.24, 2.45) is 0 Å². The second-order valence-corrected chi connectivity index (χ2v) is 4.99. The lowest BCUT2D eigenvalue weighted by molar-refractivity contribution is -0.0550. The molecule has 1 aromatic rings. The van der Waals surface area contributed by atoms with Crippen LogP contribution in [0.1, 0.15) is 5.56 Å². The molecule has 1 aliphatic rings. The van der Waals surface area contributed by atoms with Gasteiger partial charge >= 0.3 is 0 Å². The summed E-state index contributed by atoms with van der Waals surface area (Å²) < 4.78 is 5.40. The molecular formula is C12H15Cl2NO2. The van der Waals surface area contributed by atoms with E-state index in [-0.39, 0.29) is 12.7 Å². The maximum Gasteiger partial charge on any atom is 0.0933 e. The van der Waals surface area contributed by atoms with Gasteiger partial charge in [-0.2, -0.15) is 0 Å². The first-order chi connectivity index (χ1) is 8.19. The molecular weight excluding hydrogens is 261 g/mol. The molecule has 5 heteroatoms. The molecule has 1 heterocycles. The van der Waals surface area contributed by atoms with Crippen LogP contribution in [-0.2, 0) is 11.3 Å². The van der Waals surface area contributed by atoms with Gasteiger partial charge in [-0.3, -0.25) is 4.90 Å². The Morgan fingerprint density at radius 3 is 2.94 bits per heavy atom. The number of aliphatic hydroxyl groups is 1. The lowest BCUT2D eigenvalue weighted by atomic mass is 10.2. The highest BCUT2D eigenvalue weighted by Gasteiger charge is 2.20. The second kappa shape index (κ2) is 6.03. The van der Waals surface area contributed by atoms with Gasteiger partial charge in [-0.25, -0.2) is 0 Å². The van der Waals surface area contributed by atoms with Gasteiger partial charge in [-0.05, 0) is 17.7 Å². The topological polar surface area (TPSA) is 32.7 Å². The summed E-state index contributed by atoms with van der Waals surface area (Å²) in [5, 5.41) is 10.4. The van der Waals surface area contributed by atoms with Crippen LogP contribution in [0, 0.1) is 0 Å². The predicted molar refractivity (Wildman–Crippen MR) is 68.6 cm³/mol. The molecule has 0 spiro atoms. The molecule has 17 heavy (non-hydrogen) atoms. The monoisotopic (exact) mass is 275 g/mol. The van der Waals surface area contributed by atoms with Crippen molar-refractivity contribution in [2.75, 3.05) is 26.3 Å². The Kier molecular flexibility index (Phi) is 4.65. The fraction of sp³-hybridized carbons (Fsp3) is 0.500. The number of aliphatic hydroxyl groups excluding tert-OH is 1. The summed E-state index contributed by atoms with van der Waals surface area (Å²) in [4.78, 5) is 2.22. The summed E-state index contributed by atoms with van der Waals surface area (Å²) in [6.45, 7) is 3.06. The van der Waals surface area contributed by atoms with Crippen molar-refractivity contribution in [1.82, 2.24) is 4.90 Å². The molecule has 1 saturated heterocycles. The van der Waals surface area contributed by atoms with E-state index in [9.17, 15) is 0 Å². The average molecular weight is 276 g/mol. The summed E-state index contributed by atoms with van der Waals surface area (Å²) >= 11 is 12.0.